The number of rotatable bonds is 4. The summed E-state index contributed by atoms with van der Waals surface area (Å²) in [4.78, 5) is 54.8. The lowest BCUT2D eigenvalue weighted by Crippen LogP contribution is -2.54. The zero-order chi connectivity index (χ0) is 26.1. The van der Waals surface area contributed by atoms with Gasteiger partial charge in [-0.15, -0.1) is 0 Å². The number of fused-ring (bicyclic) bond motifs is 1. The van der Waals surface area contributed by atoms with E-state index in [1.54, 1.807) is 48.5 Å². The minimum atomic E-state index is -1.19. The van der Waals surface area contributed by atoms with Gasteiger partial charge in [-0.1, -0.05) is 66.2 Å². The van der Waals surface area contributed by atoms with Crippen LogP contribution in [0.15, 0.2) is 91.0 Å². The molecule has 0 aromatic heterocycles. The Hall–Kier alpha value is -4.78. The average Bonchev–Trinajstić information content (AvgIpc) is 3.19. The largest absolute Gasteiger partial charge is 0.274 e. The predicted molar refractivity (Wildman–Crippen MR) is 141 cm³/mol. The van der Waals surface area contributed by atoms with Crippen LogP contribution < -0.4 is 10.3 Å². The first-order chi connectivity index (χ1) is 17.8. The number of hydrogen-bond acceptors (Lipinski definition) is 4. The summed E-state index contributed by atoms with van der Waals surface area (Å²) in [5, 5.41) is 2.58. The van der Waals surface area contributed by atoms with Gasteiger partial charge < -0.3 is 0 Å². The van der Waals surface area contributed by atoms with Crippen LogP contribution in [0.5, 0.6) is 0 Å². The highest BCUT2D eigenvalue weighted by molar-refractivity contribution is 6.23. The Kier molecular flexibility index (Phi) is 6.27. The Morgan fingerprint density at radius 2 is 1.51 bits per heavy atom. The highest BCUT2D eigenvalue weighted by Crippen LogP contribution is 2.27. The predicted octanol–water partition coefficient (Wildman–Crippen LogP) is 4.58. The third kappa shape index (κ3) is 4.59. The number of nitrogens with one attached hydrogen (secondary N) is 1. The maximum absolute atomic E-state index is 13.7. The molecule has 5 rings (SSSR count). The highest BCUT2D eigenvalue weighted by Gasteiger charge is 2.45. The van der Waals surface area contributed by atoms with E-state index in [0.29, 0.717) is 22.2 Å². The van der Waals surface area contributed by atoms with Crippen molar-refractivity contribution in [3.05, 3.63) is 113 Å². The first kappa shape index (κ1) is 23.9. The van der Waals surface area contributed by atoms with E-state index >= 15 is 0 Å². The molecule has 1 atom stereocenters. The molecule has 0 aliphatic carbocycles. The summed E-state index contributed by atoms with van der Waals surface area (Å²) in [6, 6.07) is 25.4. The Balaban J connectivity index is 1.53. The minimum absolute atomic E-state index is 0.250. The van der Waals surface area contributed by atoms with E-state index < -0.39 is 29.7 Å². The number of amides is 4. The van der Waals surface area contributed by atoms with Gasteiger partial charge in [-0.3, -0.25) is 24.6 Å². The molecule has 184 valence electrons. The van der Waals surface area contributed by atoms with Crippen molar-refractivity contribution >= 4 is 40.1 Å². The third-order valence-corrected chi connectivity index (χ3v) is 6.43. The van der Waals surface area contributed by atoms with E-state index in [1.807, 2.05) is 56.3 Å². The molecule has 1 saturated heterocycles. The molecule has 1 N–H and O–H groups in total. The van der Waals surface area contributed by atoms with E-state index in [-0.39, 0.29) is 6.42 Å². The quantitative estimate of drug-likeness (QED) is 0.335. The van der Waals surface area contributed by atoms with E-state index in [0.717, 1.165) is 26.4 Å². The van der Waals surface area contributed by atoms with Gasteiger partial charge in [0.25, 0.3) is 17.7 Å². The van der Waals surface area contributed by atoms with Crippen LogP contribution in [-0.4, -0.2) is 34.7 Å². The van der Waals surface area contributed by atoms with E-state index in [1.165, 1.54) is 0 Å². The molecule has 1 fully saturated rings. The maximum Gasteiger partial charge on any atom is 0.273 e. The number of carbonyl (C=O) groups is 4. The van der Waals surface area contributed by atoms with Crippen LogP contribution in [0.25, 0.3) is 10.8 Å². The van der Waals surface area contributed by atoms with Crippen LogP contribution >= 0.6 is 0 Å². The topological polar surface area (TPSA) is 86.8 Å². The number of aryl methyl sites for hydroxylation is 2. The van der Waals surface area contributed by atoms with Crippen molar-refractivity contribution in [2.75, 3.05) is 4.90 Å². The summed E-state index contributed by atoms with van der Waals surface area (Å²) in [6.07, 6.45) is -0.250. The molecule has 7 nitrogen and oxygen atoms in total. The second kappa shape index (κ2) is 9.70. The molecule has 4 aromatic rings. The maximum atomic E-state index is 13.7. The Morgan fingerprint density at radius 3 is 2.27 bits per heavy atom. The number of carbonyl (C=O) groups excluding carboxylic acids is 4. The molecule has 1 aliphatic heterocycles. The molecule has 7 heteroatoms. The molecular formula is C30H25N3O4. The van der Waals surface area contributed by atoms with E-state index in [2.05, 4.69) is 5.43 Å². The average molecular weight is 492 g/mol. The monoisotopic (exact) mass is 491 g/mol. The van der Waals surface area contributed by atoms with Crippen molar-refractivity contribution in [2.24, 2.45) is 0 Å². The number of hydrazine groups is 1. The lowest BCUT2D eigenvalue weighted by Gasteiger charge is -2.28. The summed E-state index contributed by atoms with van der Waals surface area (Å²) >= 11 is 0. The number of anilines is 1. The fraction of sp³-hybridized carbons (Fsp3) is 0.133. The fourth-order valence-electron chi connectivity index (χ4n) is 4.64. The second-order valence-corrected chi connectivity index (χ2v) is 9.14. The van der Waals surface area contributed by atoms with Crippen LogP contribution in [0.3, 0.4) is 0 Å². The molecule has 37 heavy (non-hydrogen) atoms. The SMILES string of the molecule is Cc1cccc(C(=O)N(NC(=O)c2cccc3ccccc23)C2CC(=O)N(c3cccc(C)c3)C2=O)c1. The fourth-order valence-corrected chi connectivity index (χ4v) is 4.64. The molecule has 0 bridgehead atoms. The van der Waals surface area contributed by atoms with Crippen LogP contribution in [0.1, 0.15) is 38.3 Å². The van der Waals surface area contributed by atoms with Crippen LogP contribution in [0.2, 0.25) is 0 Å². The normalized spacial score (nSPS) is 15.2. The highest BCUT2D eigenvalue weighted by atomic mass is 16.2. The molecule has 1 heterocycles. The first-order valence-electron chi connectivity index (χ1n) is 12.0. The Labute approximate surface area is 214 Å². The van der Waals surface area contributed by atoms with Crippen molar-refractivity contribution in [1.29, 1.82) is 0 Å². The molecule has 1 aliphatic rings. The smallest absolute Gasteiger partial charge is 0.273 e. The molecule has 4 aromatic carbocycles. The van der Waals surface area contributed by atoms with Gasteiger partial charge in [-0.25, -0.2) is 9.91 Å². The summed E-state index contributed by atoms with van der Waals surface area (Å²) < 4.78 is 0. The van der Waals surface area contributed by atoms with Crippen molar-refractivity contribution in [3.63, 3.8) is 0 Å². The molecule has 0 saturated carbocycles. The molecule has 0 radical (unpaired) electrons. The molecule has 4 amide bonds. The van der Waals surface area contributed by atoms with Gasteiger partial charge in [0.2, 0.25) is 5.91 Å². The van der Waals surface area contributed by atoms with Gasteiger partial charge in [-0.2, -0.15) is 0 Å². The summed E-state index contributed by atoms with van der Waals surface area (Å²) in [7, 11) is 0. The van der Waals surface area contributed by atoms with Gasteiger partial charge in [0.05, 0.1) is 12.1 Å². The summed E-state index contributed by atoms with van der Waals surface area (Å²) in [5.74, 6) is -2.14. The molecule has 0 spiro atoms. The van der Waals surface area contributed by atoms with Crippen molar-refractivity contribution < 1.29 is 19.2 Å². The van der Waals surface area contributed by atoms with Crippen molar-refractivity contribution in [1.82, 2.24) is 10.4 Å². The lowest BCUT2D eigenvalue weighted by atomic mass is 10.0. The Bertz CT molecular complexity index is 1560. The van der Waals surface area contributed by atoms with Gasteiger partial charge in [0.15, 0.2) is 0 Å². The number of benzene rings is 4. The lowest BCUT2D eigenvalue weighted by molar-refractivity contribution is -0.122. The van der Waals surface area contributed by atoms with Gasteiger partial charge >= 0.3 is 0 Å². The molecular weight excluding hydrogens is 466 g/mol. The second-order valence-electron chi connectivity index (χ2n) is 9.14. The standard InChI is InChI=1S/C30H25N3O4/c1-19-8-5-12-22(16-19)29(36)33(31-28(35)25-15-7-11-21-10-3-4-14-24(21)25)26-18-27(34)32(30(26)37)23-13-6-9-20(2)17-23/h3-17,26H,18H2,1-2H3,(H,31,35). The number of nitrogens with zero attached hydrogens (tertiary/aromatic N) is 2. The van der Waals surface area contributed by atoms with E-state index in [4.69, 9.17) is 0 Å². The van der Waals surface area contributed by atoms with Gasteiger partial charge in [0.1, 0.15) is 6.04 Å². The Morgan fingerprint density at radius 1 is 0.838 bits per heavy atom. The summed E-state index contributed by atoms with van der Waals surface area (Å²) in [6.45, 7) is 3.71. The zero-order valence-corrected chi connectivity index (χ0v) is 20.5. The number of imide groups is 1. The van der Waals surface area contributed by atoms with Gasteiger partial charge in [0, 0.05) is 11.1 Å². The zero-order valence-electron chi connectivity index (χ0n) is 20.5. The first-order valence-corrected chi connectivity index (χ1v) is 12.0. The third-order valence-electron chi connectivity index (χ3n) is 6.43. The van der Waals surface area contributed by atoms with Crippen LogP contribution in [0.4, 0.5) is 5.69 Å². The van der Waals surface area contributed by atoms with Crippen LogP contribution in [-0.2, 0) is 9.59 Å². The van der Waals surface area contributed by atoms with Crippen molar-refractivity contribution in [3.8, 4) is 0 Å². The van der Waals surface area contributed by atoms with Crippen LogP contribution in [0, 0.1) is 13.8 Å². The van der Waals surface area contributed by atoms with E-state index in [9.17, 15) is 19.2 Å². The summed E-state index contributed by atoms with van der Waals surface area (Å²) in [5.41, 5.74) is 5.48. The van der Waals surface area contributed by atoms with Crippen molar-refractivity contribution in [2.45, 2.75) is 26.3 Å². The molecule has 1 unspecified atom stereocenters. The number of hydrogen-bond donors (Lipinski definition) is 1. The minimum Gasteiger partial charge on any atom is -0.274 e. The van der Waals surface area contributed by atoms with Gasteiger partial charge in [-0.05, 0) is 60.5 Å².